The second-order valence-electron chi connectivity index (χ2n) is 1.29. The predicted molar refractivity (Wildman–Crippen MR) is 38.9 cm³/mol. The Hall–Kier alpha value is -0.528. The van der Waals surface area contributed by atoms with Crippen molar-refractivity contribution in [3.8, 4) is 0 Å². The van der Waals surface area contributed by atoms with Gasteiger partial charge in [-0.1, -0.05) is 0 Å². The Morgan fingerprint density at radius 3 is 1.40 bits per heavy atom. The maximum Gasteiger partial charge on any atom is 0.303 e. The van der Waals surface area contributed by atoms with Crippen molar-refractivity contribution in [2.75, 3.05) is 0 Å². The van der Waals surface area contributed by atoms with E-state index >= 15 is 0 Å². The molecule has 5 heteroatoms. The van der Waals surface area contributed by atoms with Gasteiger partial charge in [-0.2, -0.15) is 0 Å². The SMILES string of the molecule is O=C(O)CCC(=O)O.[CH3][AlH2]. The van der Waals surface area contributed by atoms with Gasteiger partial charge < -0.3 is 10.2 Å². The molecule has 0 bridgehead atoms. The summed E-state index contributed by atoms with van der Waals surface area (Å²) in [6.45, 7) is 0. The topological polar surface area (TPSA) is 74.6 Å². The number of hydrogen-bond donors (Lipinski definition) is 2. The standard InChI is InChI=1S/C4H6O4.CH3.Al.2H/c5-3(6)1-2-4(7)8;;;;/h1-2H2,(H,5,6)(H,7,8);1H3;;;. The number of carboxylic acids is 2. The molecule has 0 radical (unpaired) electrons. The summed E-state index contributed by atoms with van der Waals surface area (Å²) < 4.78 is 0. The number of rotatable bonds is 3. The molecule has 10 heavy (non-hydrogen) atoms. The van der Waals surface area contributed by atoms with Gasteiger partial charge in [0.15, 0.2) is 0 Å². The van der Waals surface area contributed by atoms with Gasteiger partial charge in [0.1, 0.15) is 0 Å². The van der Waals surface area contributed by atoms with E-state index in [1.807, 2.05) is 0 Å². The van der Waals surface area contributed by atoms with Gasteiger partial charge in [-0.05, 0) is 0 Å². The van der Waals surface area contributed by atoms with Gasteiger partial charge in [-0.25, -0.2) is 0 Å². The fourth-order valence-corrected chi connectivity index (χ4v) is 0.214. The van der Waals surface area contributed by atoms with Gasteiger partial charge in [0, 0.05) is 0 Å². The number of carbonyl (C=O) groups is 2. The number of aliphatic carboxylic acids is 2. The third-order valence-corrected chi connectivity index (χ3v) is 0.553. The minimum absolute atomic E-state index is 0.296. The van der Waals surface area contributed by atoms with Crippen molar-refractivity contribution in [1.29, 1.82) is 0 Å². The lowest BCUT2D eigenvalue weighted by Crippen LogP contribution is -2.00. The van der Waals surface area contributed by atoms with Crippen molar-refractivity contribution in [3.63, 3.8) is 0 Å². The molecule has 0 aromatic carbocycles. The Morgan fingerprint density at radius 2 is 1.30 bits per heavy atom. The van der Waals surface area contributed by atoms with E-state index in [1.54, 1.807) is 0 Å². The number of hydrogen-bond acceptors (Lipinski definition) is 2. The third kappa shape index (κ3) is 15.6. The van der Waals surface area contributed by atoms with Crippen molar-refractivity contribution < 1.29 is 19.8 Å². The first kappa shape index (κ1) is 12.2. The second kappa shape index (κ2) is 8.47. The maximum absolute atomic E-state index is 9.64. The normalized spacial score (nSPS) is 7.30. The zero-order valence-electron chi connectivity index (χ0n) is 6.13. The van der Waals surface area contributed by atoms with Crippen LogP contribution in [-0.4, -0.2) is 38.4 Å². The predicted octanol–water partition coefficient (Wildman–Crippen LogP) is -0.397. The van der Waals surface area contributed by atoms with Crippen LogP contribution in [0.25, 0.3) is 0 Å². The first-order chi connectivity index (χ1) is 4.63. The lowest BCUT2D eigenvalue weighted by atomic mass is 10.3. The van der Waals surface area contributed by atoms with Crippen LogP contribution in [0.5, 0.6) is 0 Å². The molecule has 0 saturated heterocycles. The molecule has 0 atom stereocenters. The molecule has 58 valence electrons. The van der Waals surface area contributed by atoms with Gasteiger partial charge in [-0.3, -0.25) is 9.59 Å². The average Bonchev–Trinajstić information content (AvgIpc) is 1.89. The Morgan fingerprint density at radius 1 is 1.10 bits per heavy atom. The van der Waals surface area contributed by atoms with Crippen molar-refractivity contribution in [2.45, 2.75) is 18.6 Å². The molecule has 0 spiro atoms. The van der Waals surface area contributed by atoms with E-state index in [-0.39, 0.29) is 12.8 Å². The Kier molecular flexibility index (Phi) is 10.3. The average molecular weight is 162 g/mol. The molecule has 0 saturated carbocycles. The molecule has 2 N–H and O–H groups in total. The van der Waals surface area contributed by atoms with Crippen LogP contribution in [0.2, 0.25) is 5.79 Å². The van der Waals surface area contributed by atoms with Crippen LogP contribution in [0.4, 0.5) is 0 Å². The summed E-state index contributed by atoms with van der Waals surface area (Å²) in [5, 5.41) is 15.8. The molecular formula is C5H11AlO4. The highest BCUT2D eigenvalue weighted by molar-refractivity contribution is 6.05. The fraction of sp³-hybridized carbons (Fsp3) is 0.600. The summed E-state index contributed by atoms with van der Waals surface area (Å²) in [5.41, 5.74) is 0. The Labute approximate surface area is 67.3 Å². The highest BCUT2D eigenvalue weighted by Gasteiger charge is 2.00. The fourth-order valence-electron chi connectivity index (χ4n) is 0.214. The van der Waals surface area contributed by atoms with Crippen molar-refractivity contribution in [2.24, 2.45) is 0 Å². The zero-order chi connectivity index (χ0) is 8.57. The molecule has 0 aromatic heterocycles. The summed E-state index contributed by atoms with van der Waals surface area (Å²) in [6.07, 6.45) is -0.593. The second-order valence-corrected chi connectivity index (χ2v) is 1.29. The summed E-state index contributed by atoms with van der Waals surface area (Å²) in [6, 6.07) is 0. The van der Waals surface area contributed by atoms with Crippen LogP contribution in [0.1, 0.15) is 12.8 Å². The largest absolute Gasteiger partial charge is 0.481 e. The van der Waals surface area contributed by atoms with Crippen LogP contribution in [0, 0.1) is 0 Å². The number of carboxylic acid groups (broad SMARTS) is 2. The quantitative estimate of drug-likeness (QED) is 0.554. The molecule has 0 rings (SSSR count). The van der Waals surface area contributed by atoms with E-state index in [4.69, 9.17) is 10.2 Å². The van der Waals surface area contributed by atoms with Crippen LogP contribution in [0.3, 0.4) is 0 Å². The summed E-state index contributed by atoms with van der Waals surface area (Å²) in [7, 11) is 0. The zero-order valence-corrected chi connectivity index (χ0v) is 8.13. The molecular weight excluding hydrogens is 151 g/mol. The van der Waals surface area contributed by atoms with E-state index in [1.165, 1.54) is 16.3 Å². The minimum Gasteiger partial charge on any atom is -0.481 e. The van der Waals surface area contributed by atoms with Gasteiger partial charge in [0.25, 0.3) is 0 Å². The lowest BCUT2D eigenvalue weighted by molar-refractivity contribution is -0.143. The molecule has 0 amide bonds. The first-order valence-corrected chi connectivity index (χ1v) is 5.06. The lowest BCUT2D eigenvalue weighted by Gasteiger charge is -1.85. The molecule has 0 aliphatic rings. The molecule has 4 nitrogen and oxygen atoms in total. The van der Waals surface area contributed by atoms with E-state index < -0.39 is 11.9 Å². The van der Waals surface area contributed by atoms with Crippen molar-refractivity contribution >= 4 is 28.2 Å². The van der Waals surface area contributed by atoms with Gasteiger partial charge in [0.05, 0.1) is 12.8 Å². The monoisotopic (exact) mass is 162 g/mol. The summed E-state index contributed by atoms with van der Waals surface area (Å²) in [5.74, 6) is -0.0141. The van der Waals surface area contributed by atoms with Gasteiger partial charge in [-0.15, -0.1) is 5.79 Å². The van der Waals surface area contributed by atoms with Crippen LogP contribution in [-0.2, 0) is 9.59 Å². The minimum atomic E-state index is -1.08. The summed E-state index contributed by atoms with van der Waals surface area (Å²) in [4.78, 5) is 19.3. The van der Waals surface area contributed by atoms with E-state index in [0.717, 1.165) is 0 Å². The van der Waals surface area contributed by atoms with Crippen LogP contribution >= 0.6 is 0 Å². The Balaban J connectivity index is 0. The highest BCUT2D eigenvalue weighted by Crippen LogP contribution is 1.85. The molecule has 0 fully saturated rings. The maximum atomic E-state index is 9.64. The van der Waals surface area contributed by atoms with Crippen molar-refractivity contribution in [1.82, 2.24) is 0 Å². The molecule has 0 aromatic rings. The summed E-state index contributed by atoms with van der Waals surface area (Å²) >= 11 is 1.31. The van der Waals surface area contributed by atoms with Crippen molar-refractivity contribution in [3.05, 3.63) is 0 Å². The molecule has 0 unspecified atom stereocenters. The Bertz CT molecular complexity index is 98.2. The molecule has 0 aliphatic carbocycles. The van der Waals surface area contributed by atoms with Gasteiger partial charge in [0.2, 0.25) is 16.3 Å². The third-order valence-electron chi connectivity index (χ3n) is 0.553. The molecule has 0 aliphatic heterocycles. The van der Waals surface area contributed by atoms with Crippen LogP contribution in [0.15, 0.2) is 0 Å². The molecule has 0 heterocycles. The van der Waals surface area contributed by atoms with E-state index in [0.29, 0.717) is 0 Å². The van der Waals surface area contributed by atoms with E-state index in [9.17, 15) is 9.59 Å². The van der Waals surface area contributed by atoms with E-state index in [2.05, 4.69) is 5.79 Å². The highest BCUT2D eigenvalue weighted by atomic mass is 27.0. The first-order valence-electron chi connectivity index (χ1n) is 3.06. The smallest absolute Gasteiger partial charge is 0.303 e. The van der Waals surface area contributed by atoms with Gasteiger partial charge >= 0.3 is 11.9 Å². The van der Waals surface area contributed by atoms with Crippen LogP contribution < -0.4 is 0 Å².